The lowest BCUT2D eigenvalue weighted by molar-refractivity contribution is -0.119. The largest absolute Gasteiger partial charge is 0.493 e. The number of rotatable bonds is 12. The molecular weight excluding hydrogens is 643 g/mol. The van der Waals surface area contributed by atoms with Crippen molar-refractivity contribution < 1.29 is 28.7 Å². The van der Waals surface area contributed by atoms with Gasteiger partial charge in [-0.05, 0) is 61.0 Å². The minimum atomic E-state index is -0.576. The first-order valence-corrected chi connectivity index (χ1v) is 16.3. The third kappa shape index (κ3) is 8.73. The van der Waals surface area contributed by atoms with E-state index in [1.54, 1.807) is 78.9 Å². The summed E-state index contributed by atoms with van der Waals surface area (Å²) in [5.41, 5.74) is 1.94. The molecule has 4 aromatic rings. The van der Waals surface area contributed by atoms with E-state index in [0.29, 0.717) is 40.4 Å². The van der Waals surface area contributed by atoms with Crippen LogP contribution < -0.4 is 30.4 Å². The van der Waals surface area contributed by atoms with Crippen molar-refractivity contribution in [3.63, 3.8) is 0 Å². The van der Waals surface area contributed by atoms with Gasteiger partial charge in [0.1, 0.15) is 11.5 Å². The molecule has 0 radical (unpaired) electrons. The van der Waals surface area contributed by atoms with Crippen LogP contribution in [0.5, 0.6) is 11.5 Å². The van der Waals surface area contributed by atoms with Gasteiger partial charge in [0, 0.05) is 21.7 Å². The first-order valence-electron chi connectivity index (χ1n) is 15.4. The Balaban J connectivity index is 1.32. The Labute approximate surface area is 288 Å². The van der Waals surface area contributed by atoms with Gasteiger partial charge in [0.2, 0.25) is 5.91 Å². The molecule has 11 nitrogen and oxygen atoms in total. The topological polar surface area (TPSA) is 138 Å². The first-order chi connectivity index (χ1) is 23.8. The van der Waals surface area contributed by atoms with Gasteiger partial charge in [-0.15, -0.1) is 11.8 Å². The molecule has 5 rings (SSSR count). The number of nitrogens with zero attached hydrogens (tertiary/aromatic N) is 2. The van der Waals surface area contributed by atoms with Crippen LogP contribution in [0.15, 0.2) is 119 Å². The van der Waals surface area contributed by atoms with Gasteiger partial charge in [0.25, 0.3) is 17.7 Å². The Morgan fingerprint density at radius 3 is 2.31 bits per heavy atom. The van der Waals surface area contributed by atoms with Gasteiger partial charge < -0.3 is 25.4 Å². The number of hydrogen-bond acceptors (Lipinski definition) is 8. The summed E-state index contributed by atoms with van der Waals surface area (Å²) in [5.74, 6) is -0.424. The highest BCUT2D eigenvalue weighted by Gasteiger charge is 2.28. The average Bonchev–Trinajstić information content (AvgIpc) is 3.50. The molecule has 0 aliphatic carbocycles. The zero-order valence-corrected chi connectivity index (χ0v) is 28.0. The maximum Gasteiger partial charge on any atom is 0.272 e. The zero-order chi connectivity index (χ0) is 34.8. The van der Waals surface area contributed by atoms with Crippen molar-refractivity contribution >= 4 is 58.7 Å². The van der Waals surface area contributed by atoms with Gasteiger partial charge in [-0.25, -0.2) is 0 Å². The smallest absolute Gasteiger partial charge is 0.272 e. The quantitative estimate of drug-likeness (QED) is 0.126. The second-order valence-corrected chi connectivity index (χ2v) is 12.0. The molecule has 250 valence electrons. The lowest BCUT2D eigenvalue weighted by atomic mass is 10.1. The fraction of sp³-hybridized carbons (Fsp3) is 0.162. The number of methoxy groups -OCH3 is 2. The van der Waals surface area contributed by atoms with Crippen LogP contribution in [0.2, 0.25) is 0 Å². The van der Waals surface area contributed by atoms with E-state index in [4.69, 9.17) is 9.47 Å². The molecule has 4 aromatic carbocycles. The number of hydrogen-bond donors (Lipinski definition) is 3. The van der Waals surface area contributed by atoms with E-state index in [-0.39, 0.29) is 29.8 Å². The molecular formula is C37H35N5O6S. The lowest BCUT2D eigenvalue weighted by Gasteiger charge is -2.16. The Kier molecular flexibility index (Phi) is 11.5. The van der Waals surface area contributed by atoms with Crippen LogP contribution in [-0.2, 0) is 14.4 Å². The number of hydrazone groups is 1. The van der Waals surface area contributed by atoms with Crippen molar-refractivity contribution in [2.24, 2.45) is 5.10 Å². The number of anilines is 2. The number of carbonyl (C=O) groups excluding carboxylic acids is 4. The van der Waals surface area contributed by atoms with Crippen LogP contribution in [0.25, 0.3) is 6.08 Å². The molecule has 1 heterocycles. The highest BCUT2D eigenvalue weighted by molar-refractivity contribution is 8.00. The summed E-state index contributed by atoms with van der Waals surface area (Å²) in [4.78, 5) is 53.3. The van der Waals surface area contributed by atoms with E-state index in [1.807, 2.05) is 31.2 Å². The van der Waals surface area contributed by atoms with Crippen molar-refractivity contribution in [1.29, 1.82) is 0 Å². The Bertz CT molecular complexity index is 1900. The Hall–Kier alpha value is -5.88. The molecule has 12 heteroatoms. The van der Waals surface area contributed by atoms with Crippen LogP contribution in [0, 0.1) is 0 Å². The van der Waals surface area contributed by atoms with Crippen LogP contribution in [-0.4, -0.2) is 48.9 Å². The van der Waals surface area contributed by atoms with Crippen molar-refractivity contribution in [3.05, 3.63) is 120 Å². The van der Waals surface area contributed by atoms with Crippen molar-refractivity contribution in [3.8, 4) is 11.5 Å². The maximum absolute atomic E-state index is 13.7. The molecule has 0 aromatic heterocycles. The highest BCUT2D eigenvalue weighted by atomic mass is 32.2. The average molecular weight is 678 g/mol. The van der Waals surface area contributed by atoms with Gasteiger partial charge >= 0.3 is 0 Å². The monoisotopic (exact) mass is 677 g/mol. The number of ether oxygens (including phenoxy) is 2. The summed E-state index contributed by atoms with van der Waals surface area (Å²) in [7, 11) is 3.00. The molecule has 3 N–H and O–H groups in total. The standard InChI is InChI=1S/C37H35N5O6S/c1-4-31(37(46)40-32-23-33(43)42(41-32)27-17-9-6-10-18-27)49-28-19-12-16-26(22-28)38-36(45)29(39-35(44)24-13-7-5-8-14-24)21-25-15-11-20-30(47-2)34(25)48-3/h5-22,31H,4,23H2,1-3H3,(H,38,45)(H,39,44)(H,40,41,46)/b29-21+. The minimum absolute atomic E-state index is 0.0124. The molecule has 1 atom stereocenters. The van der Waals surface area contributed by atoms with E-state index >= 15 is 0 Å². The zero-order valence-electron chi connectivity index (χ0n) is 27.1. The Morgan fingerprint density at radius 2 is 1.61 bits per heavy atom. The molecule has 0 fully saturated rings. The maximum atomic E-state index is 13.7. The third-order valence-corrected chi connectivity index (χ3v) is 8.70. The molecule has 1 aliphatic rings. The van der Waals surface area contributed by atoms with Gasteiger partial charge in [0.05, 0.1) is 31.6 Å². The number of amidine groups is 1. The minimum Gasteiger partial charge on any atom is -0.493 e. The molecule has 4 amide bonds. The number of nitrogens with one attached hydrogen (secondary N) is 3. The Morgan fingerprint density at radius 1 is 0.898 bits per heavy atom. The van der Waals surface area contributed by atoms with E-state index in [2.05, 4.69) is 21.1 Å². The summed E-state index contributed by atoms with van der Waals surface area (Å²) in [6.45, 7) is 1.89. The first kappa shape index (κ1) is 34.5. The van der Waals surface area contributed by atoms with Crippen LogP contribution in [0.3, 0.4) is 0 Å². The molecule has 49 heavy (non-hydrogen) atoms. The molecule has 0 bridgehead atoms. The SMILES string of the molecule is CCC(Sc1cccc(NC(=O)/C(=C\c2cccc(OC)c2OC)NC(=O)c2ccccc2)c1)C(=O)NC1=NN(c2ccccc2)C(=O)C1. The van der Waals surface area contributed by atoms with E-state index in [0.717, 1.165) is 4.90 Å². The van der Waals surface area contributed by atoms with Gasteiger partial charge in [0.15, 0.2) is 11.5 Å². The van der Waals surface area contributed by atoms with Gasteiger partial charge in [-0.1, -0.05) is 61.5 Å². The predicted molar refractivity (Wildman–Crippen MR) is 191 cm³/mol. The summed E-state index contributed by atoms with van der Waals surface area (Å²) >= 11 is 1.32. The highest BCUT2D eigenvalue weighted by Crippen LogP contribution is 2.32. The van der Waals surface area contributed by atoms with Crippen LogP contribution >= 0.6 is 11.8 Å². The van der Waals surface area contributed by atoms with Crippen LogP contribution in [0.4, 0.5) is 11.4 Å². The normalized spacial score (nSPS) is 13.3. The molecule has 1 aliphatic heterocycles. The van der Waals surface area contributed by atoms with Crippen molar-refractivity contribution in [2.75, 3.05) is 24.5 Å². The van der Waals surface area contributed by atoms with Crippen molar-refractivity contribution in [2.45, 2.75) is 29.9 Å². The van der Waals surface area contributed by atoms with E-state index in [9.17, 15) is 19.2 Å². The molecule has 0 spiro atoms. The fourth-order valence-corrected chi connectivity index (χ4v) is 5.96. The number of para-hydroxylation sites is 2. The van der Waals surface area contributed by atoms with Gasteiger partial charge in [-0.3, -0.25) is 19.2 Å². The number of amides is 4. The second kappa shape index (κ2) is 16.3. The van der Waals surface area contributed by atoms with Crippen LogP contribution in [0.1, 0.15) is 35.7 Å². The van der Waals surface area contributed by atoms with Crippen molar-refractivity contribution in [1.82, 2.24) is 10.6 Å². The summed E-state index contributed by atoms with van der Waals surface area (Å²) in [5, 5.41) is 13.5. The number of carbonyl (C=O) groups is 4. The lowest BCUT2D eigenvalue weighted by Crippen LogP contribution is -2.36. The molecule has 1 unspecified atom stereocenters. The summed E-state index contributed by atoms with van der Waals surface area (Å²) in [6, 6.07) is 29.8. The molecule has 0 saturated carbocycles. The number of benzene rings is 4. The van der Waals surface area contributed by atoms with Gasteiger partial charge in [-0.2, -0.15) is 10.1 Å². The summed E-state index contributed by atoms with van der Waals surface area (Å²) in [6.07, 6.45) is 2.00. The predicted octanol–water partition coefficient (Wildman–Crippen LogP) is 5.85. The number of thioether (sulfide) groups is 1. The van der Waals surface area contributed by atoms with E-state index < -0.39 is 17.1 Å². The second-order valence-electron chi connectivity index (χ2n) is 10.7. The molecule has 0 saturated heterocycles. The fourth-order valence-electron chi connectivity index (χ4n) is 4.95. The summed E-state index contributed by atoms with van der Waals surface area (Å²) < 4.78 is 10.9. The third-order valence-electron chi connectivity index (χ3n) is 7.34. The van der Waals surface area contributed by atoms with E-state index in [1.165, 1.54) is 37.1 Å².